The highest BCUT2D eigenvalue weighted by molar-refractivity contribution is 5.59. The van der Waals surface area contributed by atoms with Crippen LogP contribution in [0.25, 0.3) is 0 Å². The Bertz CT molecular complexity index is 146. The van der Waals surface area contributed by atoms with Crippen LogP contribution in [-0.4, -0.2) is 19.5 Å². The average molecular weight is 184 g/mol. The van der Waals surface area contributed by atoms with Gasteiger partial charge in [-0.15, -0.1) is 0 Å². The highest BCUT2D eigenvalue weighted by atomic mass is 16.5. The molecular formula is C11H20O2. The lowest BCUT2D eigenvalue weighted by atomic mass is 9.83. The number of rotatable bonds is 4. The summed E-state index contributed by atoms with van der Waals surface area (Å²) in [6, 6.07) is 0. The van der Waals surface area contributed by atoms with Crippen LogP contribution in [0.5, 0.6) is 0 Å². The van der Waals surface area contributed by atoms with Crippen molar-refractivity contribution in [3.8, 4) is 0 Å². The first-order valence-electron chi connectivity index (χ1n) is 5.37. The third-order valence-corrected chi connectivity index (χ3v) is 2.94. The van der Waals surface area contributed by atoms with E-state index in [2.05, 4.69) is 0 Å². The molecule has 1 aliphatic carbocycles. The molecule has 1 rings (SSSR count). The Labute approximate surface area is 80.7 Å². The second-order valence-corrected chi connectivity index (χ2v) is 4.03. The van der Waals surface area contributed by atoms with Gasteiger partial charge in [0.2, 0.25) is 0 Å². The van der Waals surface area contributed by atoms with Crippen molar-refractivity contribution in [2.75, 3.05) is 13.2 Å². The first-order valence-corrected chi connectivity index (χ1v) is 5.37. The van der Waals surface area contributed by atoms with Gasteiger partial charge < -0.3 is 9.53 Å². The van der Waals surface area contributed by atoms with E-state index in [4.69, 9.17) is 4.74 Å². The summed E-state index contributed by atoms with van der Waals surface area (Å²) in [6.07, 6.45) is 8.11. The highest BCUT2D eigenvalue weighted by Gasteiger charge is 2.30. The summed E-state index contributed by atoms with van der Waals surface area (Å²) in [5, 5.41) is 0. The van der Waals surface area contributed by atoms with Gasteiger partial charge in [0.1, 0.15) is 6.29 Å². The van der Waals surface area contributed by atoms with E-state index in [9.17, 15) is 4.79 Å². The standard InChI is InChI=1S/C11H20O2/c1-2-13-10-11(9-12)7-5-3-4-6-8-11/h9H,2-8,10H2,1H3. The molecule has 0 bridgehead atoms. The van der Waals surface area contributed by atoms with Crippen molar-refractivity contribution in [3.05, 3.63) is 0 Å². The molecule has 76 valence electrons. The van der Waals surface area contributed by atoms with Gasteiger partial charge in [-0.25, -0.2) is 0 Å². The smallest absolute Gasteiger partial charge is 0.128 e. The SMILES string of the molecule is CCOCC1(C=O)CCCCCC1. The van der Waals surface area contributed by atoms with Crippen LogP contribution in [0, 0.1) is 5.41 Å². The maximum absolute atomic E-state index is 11.1. The maximum Gasteiger partial charge on any atom is 0.128 e. The summed E-state index contributed by atoms with van der Waals surface area (Å²) in [6.45, 7) is 3.33. The van der Waals surface area contributed by atoms with E-state index in [1.165, 1.54) is 25.7 Å². The van der Waals surface area contributed by atoms with Crippen LogP contribution in [0.3, 0.4) is 0 Å². The van der Waals surface area contributed by atoms with Crippen LogP contribution >= 0.6 is 0 Å². The first kappa shape index (κ1) is 10.7. The molecule has 0 aromatic rings. The van der Waals surface area contributed by atoms with Gasteiger partial charge in [0.05, 0.1) is 6.61 Å². The zero-order chi connectivity index (χ0) is 9.57. The van der Waals surface area contributed by atoms with E-state index >= 15 is 0 Å². The molecule has 0 aromatic carbocycles. The Morgan fingerprint density at radius 1 is 1.23 bits per heavy atom. The fourth-order valence-electron chi connectivity index (χ4n) is 2.03. The van der Waals surface area contributed by atoms with Gasteiger partial charge in [-0.05, 0) is 19.8 Å². The van der Waals surface area contributed by atoms with Gasteiger partial charge in [0.15, 0.2) is 0 Å². The Morgan fingerprint density at radius 2 is 1.85 bits per heavy atom. The quantitative estimate of drug-likeness (QED) is 0.496. The van der Waals surface area contributed by atoms with Crippen molar-refractivity contribution >= 4 is 6.29 Å². The summed E-state index contributed by atoms with van der Waals surface area (Å²) in [7, 11) is 0. The number of aldehydes is 1. The number of ether oxygens (including phenoxy) is 1. The van der Waals surface area contributed by atoms with E-state index in [1.807, 2.05) is 6.92 Å². The van der Waals surface area contributed by atoms with Gasteiger partial charge in [0.25, 0.3) is 0 Å². The predicted octanol–water partition coefficient (Wildman–Crippen LogP) is 2.56. The molecule has 1 fully saturated rings. The second-order valence-electron chi connectivity index (χ2n) is 4.03. The molecule has 0 N–H and O–H groups in total. The van der Waals surface area contributed by atoms with Crippen molar-refractivity contribution in [3.63, 3.8) is 0 Å². The molecule has 2 nitrogen and oxygen atoms in total. The van der Waals surface area contributed by atoms with E-state index in [0.717, 1.165) is 25.7 Å². The maximum atomic E-state index is 11.1. The number of carbonyl (C=O) groups excluding carboxylic acids is 1. The van der Waals surface area contributed by atoms with E-state index < -0.39 is 0 Å². The largest absolute Gasteiger partial charge is 0.381 e. The van der Waals surface area contributed by atoms with Crippen LogP contribution in [0.2, 0.25) is 0 Å². The van der Waals surface area contributed by atoms with E-state index in [1.54, 1.807) is 0 Å². The fraction of sp³-hybridized carbons (Fsp3) is 0.909. The number of carbonyl (C=O) groups is 1. The van der Waals surface area contributed by atoms with E-state index in [0.29, 0.717) is 6.61 Å². The molecule has 0 atom stereocenters. The lowest BCUT2D eigenvalue weighted by Crippen LogP contribution is -2.28. The Balaban J connectivity index is 2.48. The average Bonchev–Trinajstić information content (AvgIpc) is 2.41. The molecule has 2 heteroatoms. The van der Waals surface area contributed by atoms with Crippen molar-refractivity contribution in [1.29, 1.82) is 0 Å². The van der Waals surface area contributed by atoms with Crippen LogP contribution in [0.4, 0.5) is 0 Å². The molecule has 1 saturated carbocycles. The Kier molecular flexibility index (Phi) is 4.43. The topological polar surface area (TPSA) is 26.3 Å². The molecule has 0 heterocycles. The summed E-state index contributed by atoms with van der Waals surface area (Å²) in [5.41, 5.74) is -0.146. The molecule has 13 heavy (non-hydrogen) atoms. The van der Waals surface area contributed by atoms with Crippen molar-refractivity contribution < 1.29 is 9.53 Å². The minimum atomic E-state index is -0.146. The van der Waals surface area contributed by atoms with Crippen LogP contribution < -0.4 is 0 Å². The lowest BCUT2D eigenvalue weighted by Gasteiger charge is -2.25. The van der Waals surface area contributed by atoms with Gasteiger partial charge in [0, 0.05) is 12.0 Å². The molecule has 0 aromatic heterocycles. The molecule has 0 aliphatic heterocycles. The lowest BCUT2D eigenvalue weighted by molar-refractivity contribution is -0.120. The second kappa shape index (κ2) is 5.38. The molecule has 1 aliphatic rings. The normalized spacial score (nSPS) is 22.2. The van der Waals surface area contributed by atoms with Gasteiger partial charge in [-0.1, -0.05) is 25.7 Å². The number of hydrogen-bond donors (Lipinski definition) is 0. The summed E-state index contributed by atoms with van der Waals surface area (Å²) >= 11 is 0. The van der Waals surface area contributed by atoms with Crippen molar-refractivity contribution in [2.45, 2.75) is 45.4 Å². The van der Waals surface area contributed by atoms with E-state index in [-0.39, 0.29) is 5.41 Å². The zero-order valence-corrected chi connectivity index (χ0v) is 8.55. The van der Waals surface area contributed by atoms with Gasteiger partial charge in [-0.3, -0.25) is 0 Å². The Hall–Kier alpha value is -0.370. The molecular weight excluding hydrogens is 164 g/mol. The predicted molar refractivity (Wildman–Crippen MR) is 52.7 cm³/mol. The minimum Gasteiger partial charge on any atom is -0.381 e. The monoisotopic (exact) mass is 184 g/mol. The molecule has 0 radical (unpaired) electrons. The van der Waals surface area contributed by atoms with Crippen LogP contribution in [0.1, 0.15) is 45.4 Å². The fourth-order valence-corrected chi connectivity index (χ4v) is 2.03. The van der Waals surface area contributed by atoms with Gasteiger partial charge in [-0.2, -0.15) is 0 Å². The summed E-state index contributed by atoms with van der Waals surface area (Å²) < 4.78 is 5.39. The first-order chi connectivity index (χ1) is 6.33. The minimum absolute atomic E-state index is 0.146. The zero-order valence-electron chi connectivity index (χ0n) is 8.55. The van der Waals surface area contributed by atoms with Crippen LogP contribution in [0.15, 0.2) is 0 Å². The Morgan fingerprint density at radius 3 is 2.31 bits per heavy atom. The molecule has 0 spiro atoms. The molecule has 0 amide bonds. The van der Waals surface area contributed by atoms with Crippen molar-refractivity contribution in [2.24, 2.45) is 5.41 Å². The van der Waals surface area contributed by atoms with Crippen LogP contribution in [-0.2, 0) is 9.53 Å². The highest BCUT2D eigenvalue weighted by Crippen LogP contribution is 2.33. The number of hydrogen-bond acceptors (Lipinski definition) is 2. The molecule has 0 saturated heterocycles. The third kappa shape index (κ3) is 3.11. The third-order valence-electron chi connectivity index (χ3n) is 2.94. The summed E-state index contributed by atoms with van der Waals surface area (Å²) in [5.74, 6) is 0. The summed E-state index contributed by atoms with van der Waals surface area (Å²) in [4.78, 5) is 11.1. The molecule has 0 unspecified atom stereocenters. The van der Waals surface area contributed by atoms with Gasteiger partial charge >= 0.3 is 0 Å². The van der Waals surface area contributed by atoms with Crippen molar-refractivity contribution in [1.82, 2.24) is 0 Å².